The summed E-state index contributed by atoms with van der Waals surface area (Å²) in [6, 6.07) is 6.33. The van der Waals surface area contributed by atoms with Crippen molar-refractivity contribution in [2.24, 2.45) is 0 Å². The van der Waals surface area contributed by atoms with E-state index in [1.165, 1.54) is 12.1 Å². The van der Waals surface area contributed by atoms with Crippen molar-refractivity contribution in [3.8, 4) is 6.07 Å². The molecule has 0 aromatic heterocycles. The summed E-state index contributed by atoms with van der Waals surface area (Å²) >= 11 is 0. The summed E-state index contributed by atoms with van der Waals surface area (Å²) in [4.78, 5) is 12.8. The van der Waals surface area contributed by atoms with E-state index in [4.69, 9.17) is 10.4 Å². The summed E-state index contributed by atoms with van der Waals surface area (Å²) in [6.07, 6.45) is 3.65. The van der Waals surface area contributed by atoms with E-state index in [-0.39, 0.29) is 12.5 Å². The Labute approximate surface area is 117 Å². The molecule has 1 aliphatic rings. The summed E-state index contributed by atoms with van der Waals surface area (Å²) in [7, 11) is 0. The molecule has 1 atom stereocenters. The van der Waals surface area contributed by atoms with Gasteiger partial charge >= 0.3 is 5.97 Å². The third-order valence-corrected chi connectivity index (χ3v) is 3.71. The maximum Gasteiger partial charge on any atom is 0.303 e. The Balaban J connectivity index is 2.23. The smallest absolute Gasteiger partial charge is 0.303 e. The monoisotopic (exact) mass is 276 g/mol. The number of carboxylic acids is 1. The lowest BCUT2D eigenvalue weighted by molar-refractivity contribution is -0.137. The molecular weight excluding hydrogens is 259 g/mol. The van der Waals surface area contributed by atoms with Crippen LogP contribution in [0, 0.1) is 17.1 Å². The van der Waals surface area contributed by atoms with Crippen molar-refractivity contribution in [1.29, 1.82) is 5.26 Å². The number of nitriles is 1. The van der Waals surface area contributed by atoms with Crippen LogP contribution in [0.25, 0.3) is 0 Å². The van der Waals surface area contributed by atoms with Gasteiger partial charge in [0.25, 0.3) is 0 Å². The minimum absolute atomic E-state index is 0.109. The van der Waals surface area contributed by atoms with Crippen molar-refractivity contribution < 1.29 is 14.3 Å². The van der Waals surface area contributed by atoms with E-state index in [1.807, 2.05) is 6.07 Å². The molecule has 1 aromatic rings. The molecule has 20 heavy (non-hydrogen) atoms. The molecule has 0 radical (unpaired) electrons. The zero-order valence-corrected chi connectivity index (χ0v) is 11.2. The van der Waals surface area contributed by atoms with E-state index >= 15 is 0 Å². The fraction of sp³-hybridized carbons (Fsp3) is 0.467. The Hall–Kier alpha value is -2.09. The molecule has 1 heterocycles. The zero-order valence-electron chi connectivity index (χ0n) is 11.2. The lowest BCUT2D eigenvalue weighted by atomic mass is 9.96. The third-order valence-electron chi connectivity index (χ3n) is 3.71. The van der Waals surface area contributed by atoms with Crippen LogP contribution in [0.1, 0.15) is 37.7 Å². The highest BCUT2D eigenvalue weighted by molar-refractivity contribution is 5.67. The number of nitrogens with zero attached hydrogens (tertiary/aromatic N) is 2. The van der Waals surface area contributed by atoms with Gasteiger partial charge in [-0.25, -0.2) is 4.39 Å². The van der Waals surface area contributed by atoms with Gasteiger partial charge in [-0.1, -0.05) is 0 Å². The Kier molecular flexibility index (Phi) is 4.57. The van der Waals surface area contributed by atoms with Crippen LogP contribution in [0.2, 0.25) is 0 Å². The molecule has 1 unspecified atom stereocenters. The van der Waals surface area contributed by atoms with Gasteiger partial charge in [-0.05, 0) is 43.9 Å². The molecule has 0 bridgehead atoms. The molecular formula is C15H17FN2O2. The summed E-state index contributed by atoms with van der Waals surface area (Å²) in [5.74, 6) is -1.24. The molecule has 0 amide bonds. The Morgan fingerprint density at radius 2 is 2.30 bits per heavy atom. The van der Waals surface area contributed by atoms with Crippen molar-refractivity contribution in [3.63, 3.8) is 0 Å². The molecule has 4 nitrogen and oxygen atoms in total. The SMILES string of the molecule is N#Cc1cc(F)ccc1N1CCCCC1CCC(=O)O. The van der Waals surface area contributed by atoms with Gasteiger partial charge in [-0.15, -0.1) is 0 Å². The lowest BCUT2D eigenvalue weighted by Crippen LogP contribution is -2.40. The fourth-order valence-electron chi connectivity index (χ4n) is 2.76. The molecule has 1 aliphatic heterocycles. The van der Waals surface area contributed by atoms with Crippen molar-refractivity contribution in [2.75, 3.05) is 11.4 Å². The number of rotatable bonds is 4. The average Bonchev–Trinajstić information content (AvgIpc) is 2.45. The molecule has 1 fully saturated rings. The van der Waals surface area contributed by atoms with Crippen molar-refractivity contribution >= 4 is 11.7 Å². The van der Waals surface area contributed by atoms with Gasteiger partial charge in [-0.3, -0.25) is 4.79 Å². The summed E-state index contributed by atoms with van der Waals surface area (Å²) in [6.45, 7) is 0.782. The van der Waals surface area contributed by atoms with Gasteiger partial charge in [0.05, 0.1) is 11.3 Å². The first-order valence-corrected chi connectivity index (χ1v) is 6.80. The Morgan fingerprint density at radius 1 is 1.50 bits per heavy atom. The summed E-state index contributed by atoms with van der Waals surface area (Å²) in [5, 5.41) is 18.0. The van der Waals surface area contributed by atoms with E-state index in [1.54, 1.807) is 6.07 Å². The number of halogens is 1. The largest absolute Gasteiger partial charge is 0.481 e. The first-order chi connectivity index (χ1) is 9.61. The second-order valence-electron chi connectivity index (χ2n) is 5.05. The molecule has 106 valence electrons. The number of hydrogen-bond acceptors (Lipinski definition) is 3. The zero-order chi connectivity index (χ0) is 14.5. The molecule has 1 saturated heterocycles. The van der Waals surface area contributed by atoms with E-state index in [9.17, 15) is 9.18 Å². The predicted octanol–water partition coefficient (Wildman–Crippen LogP) is 2.92. The number of piperidine rings is 1. The molecule has 0 saturated carbocycles. The molecule has 0 aliphatic carbocycles. The highest BCUT2D eigenvalue weighted by Gasteiger charge is 2.25. The molecule has 2 rings (SSSR count). The van der Waals surface area contributed by atoms with Crippen LogP contribution in [0.3, 0.4) is 0 Å². The minimum Gasteiger partial charge on any atom is -0.481 e. The summed E-state index contributed by atoms with van der Waals surface area (Å²) in [5.41, 5.74) is 1.02. The first-order valence-electron chi connectivity index (χ1n) is 6.80. The number of hydrogen-bond donors (Lipinski definition) is 1. The second kappa shape index (κ2) is 6.38. The van der Waals surface area contributed by atoms with E-state index in [0.29, 0.717) is 17.7 Å². The number of benzene rings is 1. The second-order valence-corrected chi connectivity index (χ2v) is 5.05. The Bertz CT molecular complexity index is 539. The number of aliphatic carboxylic acids is 1. The minimum atomic E-state index is -0.810. The van der Waals surface area contributed by atoms with Crippen LogP contribution in [0.4, 0.5) is 10.1 Å². The van der Waals surface area contributed by atoms with Crippen LogP contribution in [0.5, 0.6) is 0 Å². The number of carbonyl (C=O) groups is 1. The first kappa shape index (κ1) is 14.3. The third kappa shape index (κ3) is 3.27. The predicted molar refractivity (Wildman–Crippen MR) is 73.0 cm³/mol. The van der Waals surface area contributed by atoms with Gasteiger partial charge in [0.1, 0.15) is 11.9 Å². The highest BCUT2D eigenvalue weighted by Crippen LogP contribution is 2.30. The van der Waals surface area contributed by atoms with Gasteiger partial charge in [0.2, 0.25) is 0 Å². The summed E-state index contributed by atoms with van der Waals surface area (Å²) < 4.78 is 13.2. The standard InChI is InChI=1S/C15H17FN2O2/c16-12-4-6-14(11(9-12)10-17)18-8-2-1-3-13(18)5-7-15(19)20/h4,6,9,13H,1-3,5,7-8H2,(H,19,20). The molecule has 1 aromatic carbocycles. The topological polar surface area (TPSA) is 64.3 Å². The van der Waals surface area contributed by atoms with Crippen LogP contribution >= 0.6 is 0 Å². The Morgan fingerprint density at radius 3 is 3.00 bits per heavy atom. The molecule has 0 spiro atoms. The molecule has 1 N–H and O–H groups in total. The van der Waals surface area contributed by atoms with Gasteiger partial charge < -0.3 is 10.0 Å². The highest BCUT2D eigenvalue weighted by atomic mass is 19.1. The number of carboxylic acid groups (broad SMARTS) is 1. The van der Waals surface area contributed by atoms with Gasteiger partial charge in [0.15, 0.2) is 0 Å². The van der Waals surface area contributed by atoms with Crippen LogP contribution < -0.4 is 4.90 Å². The lowest BCUT2D eigenvalue weighted by Gasteiger charge is -2.38. The van der Waals surface area contributed by atoms with Crippen LogP contribution in [0.15, 0.2) is 18.2 Å². The normalized spacial score (nSPS) is 18.6. The quantitative estimate of drug-likeness (QED) is 0.918. The van der Waals surface area contributed by atoms with Crippen LogP contribution in [-0.4, -0.2) is 23.7 Å². The van der Waals surface area contributed by atoms with Crippen LogP contribution in [-0.2, 0) is 4.79 Å². The van der Waals surface area contributed by atoms with Gasteiger partial charge in [-0.2, -0.15) is 5.26 Å². The van der Waals surface area contributed by atoms with Crippen molar-refractivity contribution in [3.05, 3.63) is 29.6 Å². The molecule has 5 heteroatoms. The number of anilines is 1. The average molecular weight is 276 g/mol. The maximum absolute atomic E-state index is 13.2. The van der Waals surface area contributed by atoms with Crippen molar-refractivity contribution in [2.45, 2.75) is 38.1 Å². The van der Waals surface area contributed by atoms with Gasteiger partial charge in [0, 0.05) is 19.0 Å². The maximum atomic E-state index is 13.2. The van der Waals surface area contributed by atoms with E-state index in [2.05, 4.69) is 4.90 Å². The van der Waals surface area contributed by atoms with E-state index < -0.39 is 11.8 Å². The van der Waals surface area contributed by atoms with E-state index in [0.717, 1.165) is 25.8 Å². The fourth-order valence-corrected chi connectivity index (χ4v) is 2.76. The van der Waals surface area contributed by atoms with Crippen molar-refractivity contribution in [1.82, 2.24) is 0 Å².